The van der Waals surface area contributed by atoms with Gasteiger partial charge in [0.15, 0.2) is 17.3 Å². The second-order valence-electron chi connectivity index (χ2n) is 6.94. The number of carbonyl (C=O) groups excluding carboxylic acids is 2. The van der Waals surface area contributed by atoms with E-state index in [1.807, 2.05) is 0 Å². The third-order valence-electron chi connectivity index (χ3n) is 5.29. The Labute approximate surface area is 185 Å². The van der Waals surface area contributed by atoms with Crippen LogP contribution in [0.25, 0.3) is 0 Å². The lowest BCUT2D eigenvalue weighted by molar-refractivity contribution is 0.0647. The molecule has 0 saturated carbocycles. The molecule has 0 unspecified atom stereocenters. The van der Waals surface area contributed by atoms with Gasteiger partial charge in [-0.25, -0.2) is 0 Å². The highest BCUT2D eigenvalue weighted by atomic mass is 35.5. The first-order chi connectivity index (χ1) is 14.4. The highest BCUT2D eigenvalue weighted by Gasteiger charge is 2.31. The second kappa shape index (κ2) is 9.58. The second-order valence-corrected chi connectivity index (χ2v) is 7.76. The molecule has 2 aromatic rings. The Morgan fingerprint density at radius 3 is 2.13 bits per heavy atom. The van der Waals surface area contributed by atoms with E-state index in [9.17, 15) is 9.59 Å². The average Bonchev–Trinajstić information content (AvgIpc) is 2.78. The summed E-state index contributed by atoms with van der Waals surface area (Å²) >= 11 is 12.0. The van der Waals surface area contributed by atoms with Crippen LogP contribution in [0.3, 0.4) is 0 Å². The van der Waals surface area contributed by atoms with Gasteiger partial charge in [-0.15, -0.1) is 0 Å². The molecule has 0 aliphatic carbocycles. The van der Waals surface area contributed by atoms with E-state index in [0.29, 0.717) is 64.4 Å². The number of halogens is 2. The van der Waals surface area contributed by atoms with Gasteiger partial charge in [-0.1, -0.05) is 23.2 Å². The molecule has 3 rings (SSSR count). The molecule has 0 aromatic heterocycles. The smallest absolute Gasteiger partial charge is 0.257 e. The van der Waals surface area contributed by atoms with Crippen molar-refractivity contribution >= 4 is 34.9 Å². The molecule has 8 heteroatoms. The van der Waals surface area contributed by atoms with Crippen molar-refractivity contribution in [2.24, 2.45) is 5.92 Å². The molecule has 30 heavy (non-hydrogen) atoms. The van der Waals surface area contributed by atoms with E-state index in [1.54, 1.807) is 35.2 Å². The number of hydrogen-bond donors (Lipinski definition) is 0. The normalized spacial score (nSPS) is 14.4. The number of carbonyl (C=O) groups is 2. The molecule has 1 fully saturated rings. The summed E-state index contributed by atoms with van der Waals surface area (Å²) in [6.45, 7) is 0.933. The molecule has 160 valence electrons. The topological polar surface area (TPSA) is 65.1 Å². The van der Waals surface area contributed by atoms with E-state index in [-0.39, 0.29) is 17.6 Å². The molecule has 1 saturated heterocycles. The van der Waals surface area contributed by atoms with E-state index in [2.05, 4.69) is 0 Å². The first-order valence-electron chi connectivity index (χ1n) is 9.48. The van der Waals surface area contributed by atoms with Crippen LogP contribution < -0.4 is 14.2 Å². The zero-order chi connectivity index (χ0) is 21.8. The summed E-state index contributed by atoms with van der Waals surface area (Å²) in [7, 11) is 4.50. The zero-order valence-electron chi connectivity index (χ0n) is 17.0. The molecule has 1 heterocycles. The Hall–Kier alpha value is -2.44. The molecule has 0 N–H and O–H groups in total. The van der Waals surface area contributed by atoms with Crippen molar-refractivity contribution in [3.63, 3.8) is 0 Å². The molecule has 1 aliphatic rings. The van der Waals surface area contributed by atoms with Gasteiger partial charge >= 0.3 is 0 Å². The lowest BCUT2D eigenvalue weighted by Gasteiger charge is -2.32. The maximum atomic E-state index is 13.1. The largest absolute Gasteiger partial charge is 0.493 e. The average molecular weight is 452 g/mol. The van der Waals surface area contributed by atoms with Crippen molar-refractivity contribution in [1.29, 1.82) is 0 Å². The van der Waals surface area contributed by atoms with Gasteiger partial charge in [-0.2, -0.15) is 0 Å². The van der Waals surface area contributed by atoms with Gasteiger partial charge in [-0.3, -0.25) is 9.59 Å². The maximum Gasteiger partial charge on any atom is 0.257 e. The zero-order valence-corrected chi connectivity index (χ0v) is 18.5. The van der Waals surface area contributed by atoms with Crippen molar-refractivity contribution in [3.8, 4) is 17.2 Å². The Kier molecular flexibility index (Phi) is 7.10. The fourth-order valence-electron chi connectivity index (χ4n) is 3.67. The van der Waals surface area contributed by atoms with Crippen molar-refractivity contribution in [2.75, 3.05) is 34.4 Å². The molecule has 0 radical (unpaired) electrons. The number of methoxy groups -OCH3 is 3. The lowest BCUT2D eigenvalue weighted by atomic mass is 9.88. The molecule has 0 atom stereocenters. The van der Waals surface area contributed by atoms with Crippen LogP contribution in [0.2, 0.25) is 10.0 Å². The lowest BCUT2D eigenvalue weighted by Crippen LogP contribution is -2.40. The summed E-state index contributed by atoms with van der Waals surface area (Å²) in [5.41, 5.74) is 0.931. The minimum atomic E-state index is -0.173. The Morgan fingerprint density at radius 2 is 1.57 bits per heavy atom. The van der Waals surface area contributed by atoms with E-state index < -0.39 is 0 Å². The van der Waals surface area contributed by atoms with E-state index in [0.717, 1.165) is 0 Å². The van der Waals surface area contributed by atoms with Crippen LogP contribution in [0.4, 0.5) is 0 Å². The van der Waals surface area contributed by atoms with Crippen LogP contribution in [-0.4, -0.2) is 51.0 Å². The van der Waals surface area contributed by atoms with Gasteiger partial charge in [0.25, 0.3) is 5.91 Å². The van der Waals surface area contributed by atoms with Crippen molar-refractivity contribution in [2.45, 2.75) is 12.8 Å². The minimum absolute atomic E-state index is 0.0179. The minimum Gasteiger partial charge on any atom is -0.493 e. The summed E-state index contributed by atoms with van der Waals surface area (Å²) in [5, 5.41) is 0.771. The maximum absolute atomic E-state index is 13.1. The van der Waals surface area contributed by atoms with E-state index in [1.165, 1.54) is 21.3 Å². The summed E-state index contributed by atoms with van der Waals surface area (Å²) < 4.78 is 16.1. The fourth-order valence-corrected chi connectivity index (χ4v) is 3.97. The van der Waals surface area contributed by atoms with Crippen LogP contribution >= 0.6 is 23.2 Å². The number of benzene rings is 2. The molecule has 1 aliphatic heterocycles. The van der Waals surface area contributed by atoms with Crippen LogP contribution in [0.5, 0.6) is 17.2 Å². The first-order valence-corrected chi connectivity index (χ1v) is 10.2. The summed E-state index contributed by atoms with van der Waals surface area (Å²) in [6.07, 6.45) is 1.14. The van der Waals surface area contributed by atoms with Gasteiger partial charge in [-0.05, 0) is 43.2 Å². The number of Topliss-reactive ketones (excluding diaryl/α,β-unsaturated/α-hetero) is 1. The third kappa shape index (κ3) is 4.35. The number of amides is 1. The summed E-state index contributed by atoms with van der Waals surface area (Å²) in [4.78, 5) is 27.6. The fraction of sp³-hybridized carbons (Fsp3) is 0.364. The van der Waals surface area contributed by atoms with Crippen LogP contribution in [0, 0.1) is 5.92 Å². The molecule has 6 nitrogen and oxygen atoms in total. The van der Waals surface area contributed by atoms with Crippen molar-refractivity contribution in [3.05, 3.63) is 51.5 Å². The summed E-state index contributed by atoms with van der Waals surface area (Å²) in [5.74, 6) is 0.861. The predicted octanol–water partition coefficient (Wildman–Crippen LogP) is 4.75. The molecular weight excluding hydrogens is 429 g/mol. The van der Waals surface area contributed by atoms with Gasteiger partial charge < -0.3 is 19.1 Å². The number of ether oxygens (including phenoxy) is 3. The monoisotopic (exact) mass is 451 g/mol. The highest BCUT2D eigenvalue weighted by Crippen LogP contribution is 2.40. The first kappa shape index (κ1) is 22.2. The van der Waals surface area contributed by atoms with Crippen LogP contribution in [0.15, 0.2) is 30.3 Å². The number of rotatable bonds is 6. The molecular formula is C22H23Cl2NO5. The Balaban J connectivity index is 1.72. The van der Waals surface area contributed by atoms with Gasteiger partial charge in [0.1, 0.15) is 0 Å². The van der Waals surface area contributed by atoms with Gasteiger partial charge in [0, 0.05) is 24.6 Å². The molecule has 0 spiro atoms. The summed E-state index contributed by atoms with van der Waals surface area (Å²) in [6, 6.07) is 8.24. The number of likely N-dealkylation sites (tertiary alicyclic amines) is 1. The number of nitrogens with zero attached hydrogens (tertiary/aromatic N) is 1. The van der Waals surface area contributed by atoms with E-state index >= 15 is 0 Å². The van der Waals surface area contributed by atoms with Crippen molar-refractivity contribution < 1.29 is 23.8 Å². The van der Waals surface area contributed by atoms with Crippen LogP contribution in [0.1, 0.15) is 33.6 Å². The predicted molar refractivity (Wildman–Crippen MR) is 116 cm³/mol. The standard InChI is InChI=1S/C22H23Cl2NO5/c1-28-18-7-5-15(20(29-2)21(18)30-3)22(27)25-10-8-13(9-11-25)19(26)14-4-6-16(23)17(24)12-14/h4-7,12-13H,8-11H2,1-3H3. The van der Waals surface area contributed by atoms with Gasteiger partial charge in [0.2, 0.25) is 5.75 Å². The SMILES string of the molecule is COc1ccc(C(=O)N2CCC(C(=O)c3ccc(Cl)c(Cl)c3)CC2)c(OC)c1OC. The quantitative estimate of drug-likeness (QED) is 0.592. The van der Waals surface area contributed by atoms with Crippen molar-refractivity contribution in [1.82, 2.24) is 4.90 Å². The molecule has 2 aromatic carbocycles. The highest BCUT2D eigenvalue weighted by molar-refractivity contribution is 6.42. The van der Waals surface area contributed by atoms with Crippen LogP contribution in [-0.2, 0) is 0 Å². The number of piperidine rings is 1. The van der Waals surface area contributed by atoms with Gasteiger partial charge in [0.05, 0.1) is 36.9 Å². The Bertz CT molecular complexity index is 955. The number of ketones is 1. The molecule has 0 bridgehead atoms. The Morgan fingerprint density at radius 1 is 0.900 bits per heavy atom. The number of hydrogen-bond acceptors (Lipinski definition) is 5. The van der Waals surface area contributed by atoms with E-state index in [4.69, 9.17) is 37.4 Å². The third-order valence-corrected chi connectivity index (χ3v) is 6.03. The molecule has 1 amide bonds.